The average molecular weight is 396 g/mol. The van der Waals surface area contributed by atoms with Crippen LogP contribution in [0.3, 0.4) is 0 Å². The highest BCUT2D eigenvalue weighted by Crippen LogP contribution is 2.24. The van der Waals surface area contributed by atoms with Crippen LogP contribution >= 0.6 is 0 Å². The molecule has 7 heteroatoms. The van der Waals surface area contributed by atoms with E-state index in [1.807, 2.05) is 56.3 Å². The Hall–Kier alpha value is -4.13. The number of nitrogens with zero attached hydrogens (tertiary/aromatic N) is 4. The first-order valence-corrected chi connectivity index (χ1v) is 9.42. The van der Waals surface area contributed by atoms with Gasteiger partial charge in [0.15, 0.2) is 0 Å². The molecule has 2 heterocycles. The molecule has 0 saturated carbocycles. The number of hydrogen-bond acceptors (Lipinski definition) is 6. The van der Waals surface area contributed by atoms with Crippen molar-refractivity contribution < 1.29 is 4.79 Å². The van der Waals surface area contributed by atoms with Crippen LogP contribution in [-0.4, -0.2) is 25.8 Å². The van der Waals surface area contributed by atoms with Gasteiger partial charge in [-0.3, -0.25) is 4.79 Å². The maximum atomic E-state index is 12.5. The number of benzene rings is 2. The third kappa shape index (κ3) is 4.47. The zero-order valence-corrected chi connectivity index (χ0v) is 16.6. The summed E-state index contributed by atoms with van der Waals surface area (Å²) in [6.07, 6.45) is 6.55. The van der Waals surface area contributed by atoms with Crippen LogP contribution in [0.4, 0.5) is 17.3 Å². The molecule has 0 unspecified atom stereocenters. The van der Waals surface area contributed by atoms with Crippen molar-refractivity contribution in [3.63, 3.8) is 0 Å². The van der Waals surface area contributed by atoms with Gasteiger partial charge in [0.05, 0.1) is 5.69 Å². The van der Waals surface area contributed by atoms with E-state index in [0.29, 0.717) is 17.2 Å². The molecule has 0 aliphatic rings. The second kappa shape index (κ2) is 8.48. The largest absolute Gasteiger partial charge is 0.324 e. The number of anilines is 3. The van der Waals surface area contributed by atoms with E-state index in [9.17, 15) is 4.79 Å². The molecule has 0 fully saturated rings. The maximum absolute atomic E-state index is 12.5. The fraction of sp³-hybridized carbons (Fsp3) is 0.0870. The summed E-state index contributed by atoms with van der Waals surface area (Å²) in [7, 11) is 0. The molecular weight excluding hydrogens is 376 g/mol. The van der Waals surface area contributed by atoms with Crippen LogP contribution in [0.2, 0.25) is 0 Å². The molecule has 0 radical (unpaired) electrons. The minimum atomic E-state index is -0.160. The van der Waals surface area contributed by atoms with Crippen molar-refractivity contribution in [1.29, 1.82) is 0 Å². The summed E-state index contributed by atoms with van der Waals surface area (Å²) in [5.74, 6) is 0.286. The van der Waals surface area contributed by atoms with Crippen molar-refractivity contribution >= 4 is 23.2 Å². The van der Waals surface area contributed by atoms with Gasteiger partial charge in [0.2, 0.25) is 5.95 Å². The number of aryl methyl sites for hydroxylation is 2. The highest BCUT2D eigenvalue weighted by molar-refractivity contribution is 6.04. The zero-order chi connectivity index (χ0) is 20.9. The summed E-state index contributed by atoms with van der Waals surface area (Å²) in [6, 6.07) is 14.9. The number of hydrogen-bond donors (Lipinski definition) is 2. The lowest BCUT2D eigenvalue weighted by molar-refractivity contribution is 0.102. The van der Waals surface area contributed by atoms with Crippen LogP contribution in [0.15, 0.2) is 73.4 Å². The molecule has 2 aromatic carbocycles. The minimum absolute atomic E-state index is 0.160. The van der Waals surface area contributed by atoms with E-state index in [4.69, 9.17) is 0 Å². The van der Waals surface area contributed by atoms with E-state index in [1.165, 1.54) is 6.33 Å². The first-order valence-electron chi connectivity index (χ1n) is 9.42. The van der Waals surface area contributed by atoms with Crippen LogP contribution in [0.1, 0.15) is 21.5 Å². The minimum Gasteiger partial charge on any atom is -0.324 e. The highest BCUT2D eigenvalue weighted by Gasteiger charge is 2.09. The monoisotopic (exact) mass is 396 g/mol. The van der Waals surface area contributed by atoms with Crippen LogP contribution in [-0.2, 0) is 0 Å². The molecule has 0 aliphatic carbocycles. The fourth-order valence-corrected chi connectivity index (χ4v) is 2.87. The van der Waals surface area contributed by atoms with Gasteiger partial charge in [-0.1, -0.05) is 23.8 Å². The molecule has 0 atom stereocenters. The first kappa shape index (κ1) is 19.2. The zero-order valence-electron chi connectivity index (χ0n) is 16.6. The Kier molecular flexibility index (Phi) is 5.43. The summed E-state index contributed by atoms with van der Waals surface area (Å²) in [6.45, 7) is 3.96. The number of carbonyl (C=O) groups is 1. The Morgan fingerprint density at radius 2 is 1.70 bits per heavy atom. The van der Waals surface area contributed by atoms with Gasteiger partial charge in [0.25, 0.3) is 5.91 Å². The third-order valence-electron chi connectivity index (χ3n) is 4.57. The Balaban J connectivity index is 1.54. The second-order valence-corrected chi connectivity index (χ2v) is 6.87. The van der Waals surface area contributed by atoms with Gasteiger partial charge >= 0.3 is 0 Å². The standard InChI is InChI=1S/C23H20N6O/c1-15-3-6-17(7-4-15)22(30)27-19-8-5-16(2)21(11-19)29-23-26-10-9-20(28-23)18-12-24-14-25-13-18/h3-14H,1-2H3,(H,27,30)(H,26,28,29). The Labute approximate surface area is 174 Å². The molecule has 4 aromatic rings. The van der Waals surface area contributed by atoms with Gasteiger partial charge in [-0.2, -0.15) is 0 Å². The number of nitrogens with one attached hydrogen (secondary N) is 2. The molecule has 0 spiro atoms. The molecule has 2 N–H and O–H groups in total. The summed E-state index contributed by atoms with van der Waals surface area (Å²) >= 11 is 0. The van der Waals surface area contributed by atoms with Crippen molar-refractivity contribution in [2.24, 2.45) is 0 Å². The summed E-state index contributed by atoms with van der Waals surface area (Å²) in [5, 5.41) is 6.16. The van der Waals surface area contributed by atoms with E-state index in [0.717, 1.165) is 28.1 Å². The quantitative estimate of drug-likeness (QED) is 0.514. The van der Waals surface area contributed by atoms with Crippen molar-refractivity contribution in [3.05, 3.63) is 90.1 Å². The molecule has 7 nitrogen and oxygen atoms in total. The van der Waals surface area contributed by atoms with Gasteiger partial charge in [-0.05, 0) is 49.7 Å². The highest BCUT2D eigenvalue weighted by atomic mass is 16.1. The topological polar surface area (TPSA) is 92.7 Å². The van der Waals surface area contributed by atoms with E-state index >= 15 is 0 Å². The lowest BCUT2D eigenvalue weighted by Gasteiger charge is -2.12. The molecule has 30 heavy (non-hydrogen) atoms. The Morgan fingerprint density at radius 3 is 2.47 bits per heavy atom. The SMILES string of the molecule is Cc1ccc(C(=O)Nc2ccc(C)c(Nc3nccc(-c4cncnc4)n3)c2)cc1. The van der Waals surface area contributed by atoms with E-state index in [-0.39, 0.29) is 5.91 Å². The normalized spacial score (nSPS) is 10.5. The molecular formula is C23H20N6O. The van der Waals surface area contributed by atoms with Crippen molar-refractivity contribution in [1.82, 2.24) is 19.9 Å². The summed E-state index contributed by atoms with van der Waals surface area (Å²) in [4.78, 5) is 29.4. The van der Waals surface area contributed by atoms with E-state index < -0.39 is 0 Å². The van der Waals surface area contributed by atoms with Gasteiger partial charge < -0.3 is 10.6 Å². The van der Waals surface area contributed by atoms with Gasteiger partial charge in [-0.15, -0.1) is 0 Å². The third-order valence-corrected chi connectivity index (χ3v) is 4.57. The van der Waals surface area contributed by atoms with Crippen molar-refractivity contribution in [3.8, 4) is 11.3 Å². The molecule has 0 saturated heterocycles. The lowest BCUT2D eigenvalue weighted by Crippen LogP contribution is -2.12. The Bertz CT molecular complexity index is 1180. The predicted molar refractivity (Wildman–Crippen MR) is 117 cm³/mol. The number of amides is 1. The van der Waals surface area contributed by atoms with Crippen LogP contribution < -0.4 is 10.6 Å². The first-order chi connectivity index (χ1) is 14.6. The van der Waals surface area contributed by atoms with E-state index in [1.54, 1.807) is 24.7 Å². The average Bonchev–Trinajstić information content (AvgIpc) is 2.77. The molecule has 4 rings (SSSR count). The number of carbonyl (C=O) groups excluding carboxylic acids is 1. The van der Waals surface area contributed by atoms with Gasteiger partial charge in [0.1, 0.15) is 6.33 Å². The molecule has 1 amide bonds. The fourth-order valence-electron chi connectivity index (χ4n) is 2.87. The van der Waals surface area contributed by atoms with Crippen molar-refractivity contribution in [2.45, 2.75) is 13.8 Å². The smallest absolute Gasteiger partial charge is 0.255 e. The Morgan fingerprint density at radius 1 is 0.933 bits per heavy atom. The van der Waals surface area contributed by atoms with E-state index in [2.05, 4.69) is 30.6 Å². The number of rotatable bonds is 5. The molecule has 2 aromatic heterocycles. The molecule has 148 valence electrons. The van der Waals surface area contributed by atoms with Crippen LogP contribution in [0.25, 0.3) is 11.3 Å². The second-order valence-electron chi connectivity index (χ2n) is 6.87. The summed E-state index contributed by atoms with van der Waals surface area (Å²) < 4.78 is 0. The van der Waals surface area contributed by atoms with Crippen LogP contribution in [0.5, 0.6) is 0 Å². The predicted octanol–water partition coefficient (Wildman–Crippen LogP) is 4.55. The van der Waals surface area contributed by atoms with Crippen LogP contribution in [0, 0.1) is 13.8 Å². The maximum Gasteiger partial charge on any atom is 0.255 e. The molecule has 0 bridgehead atoms. The van der Waals surface area contributed by atoms with Crippen molar-refractivity contribution in [2.75, 3.05) is 10.6 Å². The summed E-state index contributed by atoms with van der Waals surface area (Å²) in [5.41, 5.74) is 5.72. The molecule has 0 aliphatic heterocycles. The van der Waals surface area contributed by atoms with Gasteiger partial charge in [0, 0.05) is 41.1 Å². The number of aromatic nitrogens is 4. The van der Waals surface area contributed by atoms with Gasteiger partial charge in [-0.25, -0.2) is 19.9 Å². The lowest BCUT2D eigenvalue weighted by atomic mass is 10.1.